The summed E-state index contributed by atoms with van der Waals surface area (Å²) in [5.74, 6) is 0.124. The van der Waals surface area contributed by atoms with Gasteiger partial charge in [0, 0.05) is 18.3 Å². The predicted octanol–water partition coefficient (Wildman–Crippen LogP) is -0.346. The minimum absolute atomic E-state index is 0.169. The Morgan fingerprint density at radius 2 is 2.11 bits per heavy atom. The highest BCUT2D eigenvalue weighted by Crippen LogP contribution is 2.17. The fourth-order valence-corrected chi connectivity index (χ4v) is 1.90. The summed E-state index contributed by atoms with van der Waals surface area (Å²) in [4.78, 5) is 28.7. The van der Waals surface area contributed by atoms with Gasteiger partial charge in [0.15, 0.2) is 0 Å². The molecule has 1 aromatic heterocycles. The van der Waals surface area contributed by atoms with Crippen molar-refractivity contribution in [3.63, 3.8) is 0 Å². The van der Waals surface area contributed by atoms with Crippen LogP contribution in [0.2, 0.25) is 0 Å². The summed E-state index contributed by atoms with van der Waals surface area (Å²) in [6.45, 7) is 3.89. The SMILES string of the molecule is CCNCc1cccnc1N1CC(=O)NC(=O)C1. The zero-order chi connectivity index (χ0) is 13.0. The molecule has 0 bridgehead atoms. The Hall–Kier alpha value is -1.95. The first-order chi connectivity index (χ1) is 8.70. The lowest BCUT2D eigenvalue weighted by Gasteiger charge is -2.28. The predicted molar refractivity (Wildman–Crippen MR) is 67.0 cm³/mol. The number of carbonyl (C=O) groups is 2. The first-order valence-corrected chi connectivity index (χ1v) is 5.93. The molecule has 1 aliphatic rings. The number of hydrogen-bond donors (Lipinski definition) is 2. The number of anilines is 1. The highest BCUT2D eigenvalue weighted by molar-refractivity contribution is 6.02. The Kier molecular flexibility index (Phi) is 3.88. The molecule has 0 aliphatic carbocycles. The van der Waals surface area contributed by atoms with Crippen LogP contribution in [0.4, 0.5) is 5.82 Å². The molecule has 2 amide bonds. The Bertz CT molecular complexity index is 445. The van der Waals surface area contributed by atoms with E-state index in [9.17, 15) is 9.59 Å². The van der Waals surface area contributed by atoms with Crippen molar-refractivity contribution >= 4 is 17.6 Å². The molecule has 2 N–H and O–H groups in total. The number of imide groups is 1. The number of carbonyl (C=O) groups excluding carboxylic acids is 2. The molecule has 96 valence electrons. The molecule has 0 atom stereocenters. The first-order valence-electron chi connectivity index (χ1n) is 5.93. The third-order valence-electron chi connectivity index (χ3n) is 2.68. The zero-order valence-corrected chi connectivity index (χ0v) is 10.3. The van der Waals surface area contributed by atoms with E-state index in [-0.39, 0.29) is 24.9 Å². The molecule has 1 fully saturated rings. The van der Waals surface area contributed by atoms with Crippen molar-refractivity contribution in [2.45, 2.75) is 13.5 Å². The van der Waals surface area contributed by atoms with E-state index in [1.165, 1.54) is 0 Å². The zero-order valence-electron chi connectivity index (χ0n) is 10.3. The van der Waals surface area contributed by atoms with E-state index in [4.69, 9.17) is 0 Å². The van der Waals surface area contributed by atoms with Gasteiger partial charge in [-0.1, -0.05) is 13.0 Å². The third kappa shape index (κ3) is 2.84. The van der Waals surface area contributed by atoms with Crippen molar-refractivity contribution in [1.29, 1.82) is 0 Å². The number of pyridine rings is 1. The number of piperazine rings is 1. The maximum Gasteiger partial charge on any atom is 0.246 e. The second-order valence-electron chi connectivity index (χ2n) is 4.09. The van der Waals surface area contributed by atoms with E-state index in [0.717, 1.165) is 12.1 Å². The molecule has 0 aromatic carbocycles. The van der Waals surface area contributed by atoms with Crippen LogP contribution in [0.3, 0.4) is 0 Å². The van der Waals surface area contributed by atoms with Crippen LogP contribution in [-0.4, -0.2) is 36.4 Å². The van der Waals surface area contributed by atoms with Gasteiger partial charge in [0.1, 0.15) is 5.82 Å². The summed E-state index contributed by atoms with van der Waals surface area (Å²) in [6.07, 6.45) is 1.67. The number of aromatic nitrogens is 1. The number of nitrogens with one attached hydrogen (secondary N) is 2. The van der Waals surface area contributed by atoms with Crippen molar-refractivity contribution in [1.82, 2.24) is 15.6 Å². The molecule has 1 aromatic rings. The highest BCUT2D eigenvalue weighted by Gasteiger charge is 2.24. The molecule has 6 heteroatoms. The summed E-state index contributed by atoms with van der Waals surface area (Å²) in [6, 6.07) is 3.80. The Morgan fingerprint density at radius 1 is 1.39 bits per heavy atom. The maximum atomic E-state index is 11.4. The molecule has 1 saturated heterocycles. The monoisotopic (exact) mass is 248 g/mol. The van der Waals surface area contributed by atoms with Crippen LogP contribution in [-0.2, 0) is 16.1 Å². The van der Waals surface area contributed by atoms with E-state index in [2.05, 4.69) is 15.6 Å². The standard InChI is InChI=1S/C12H16N4O2/c1-2-13-6-9-4-3-5-14-12(9)16-7-10(17)15-11(18)8-16/h3-5,13H,2,6-8H2,1H3,(H,15,17,18). The van der Waals surface area contributed by atoms with Crippen molar-refractivity contribution in [2.24, 2.45) is 0 Å². The smallest absolute Gasteiger partial charge is 0.246 e. The number of nitrogens with zero attached hydrogens (tertiary/aromatic N) is 2. The topological polar surface area (TPSA) is 74.3 Å². The van der Waals surface area contributed by atoms with Crippen molar-refractivity contribution in [3.05, 3.63) is 23.9 Å². The van der Waals surface area contributed by atoms with Gasteiger partial charge in [0.05, 0.1) is 13.1 Å². The molecule has 0 unspecified atom stereocenters. The van der Waals surface area contributed by atoms with Crippen LogP contribution >= 0.6 is 0 Å². The third-order valence-corrected chi connectivity index (χ3v) is 2.68. The van der Waals surface area contributed by atoms with E-state index in [1.807, 2.05) is 19.1 Å². The Balaban J connectivity index is 2.20. The van der Waals surface area contributed by atoms with E-state index in [1.54, 1.807) is 11.1 Å². The second-order valence-corrected chi connectivity index (χ2v) is 4.09. The average Bonchev–Trinajstić information content (AvgIpc) is 2.35. The number of hydrogen-bond acceptors (Lipinski definition) is 5. The van der Waals surface area contributed by atoms with Crippen LogP contribution in [0.25, 0.3) is 0 Å². The summed E-state index contributed by atoms with van der Waals surface area (Å²) < 4.78 is 0. The summed E-state index contributed by atoms with van der Waals surface area (Å²) >= 11 is 0. The molecular formula is C12H16N4O2. The van der Waals surface area contributed by atoms with Crippen LogP contribution in [0.5, 0.6) is 0 Å². The van der Waals surface area contributed by atoms with Crippen LogP contribution in [0.15, 0.2) is 18.3 Å². The maximum absolute atomic E-state index is 11.4. The first kappa shape index (κ1) is 12.5. The Labute approximate surface area is 105 Å². The normalized spacial score (nSPS) is 15.7. The lowest BCUT2D eigenvalue weighted by molar-refractivity contribution is -0.130. The molecular weight excluding hydrogens is 232 g/mol. The number of rotatable bonds is 4. The van der Waals surface area contributed by atoms with Crippen molar-refractivity contribution in [3.8, 4) is 0 Å². The van der Waals surface area contributed by atoms with E-state index >= 15 is 0 Å². The van der Waals surface area contributed by atoms with Crippen LogP contribution < -0.4 is 15.5 Å². The van der Waals surface area contributed by atoms with Crippen molar-refractivity contribution < 1.29 is 9.59 Å². The molecule has 1 aliphatic heterocycles. The summed E-state index contributed by atoms with van der Waals surface area (Å²) in [5, 5.41) is 5.49. The summed E-state index contributed by atoms with van der Waals surface area (Å²) in [7, 11) is 0. The molecule has 0 saturated carbocycles. The van der Waals surface area contributed by atoms with Crippen LogP contribution in [0.1, 0.15) is 12.5 Å². The highest BCUT2D eigenvalue weighted by atomic mass is 16.2. The van der Waals surface area contributed by atoms with E-state index in [0.29, 0.717) is 12.4 Å². The molecule has 18 heavy (non-hydrogen) atoms. The van der Waals surface area contributed by atoms with Gasteiger partial charge in [-0.05, 0) is 12.6 Å². The largest absolute Gasteiger partial charge is 0.338 e. The van der Waals surface area contributed by atoms with Gasteiger partial charge < -0.3 is 10.2 Å². The fraction of sp³-hybridized carbons (Fsp3) is 0.417. The molecule has 6 nitrogen and oxygen atoms in total. The van der Waals surface area contributed by atoms with E-state index < -0.39 is 0 Å². The molecule has 0 radical (unpaired) electrons. The summed E-state index contributed by atoms with van der Waals surface area (Å²) in [5.41, 5.74) is 0.988. The van der Waals surface area contributed by atoms with Crippen LogP contribution in [0, 0.1) is 0 Å². The quantitative estimate of drug-likeness (QED) is 0.713. The second kappa shape index (κ2) is 5.59. The van der Waals surface area contributed by atoms with Gasteiger partial charge in [0.25, 0.3) is 0 Å². The lowest BCUT2D eigenvalue weighted by Crippen LogP contribution is -2.52. The van der Waals surface area contributed by atoms with Gasteiger partial charge in [0.2, 0.25) is 11.8 Å². The van der Waals surface area contributed by atoms with Gasteiger partial charge in [-0.25, -0.2) is 4.98 Å². The molecule has 0 spiro atoms. The molecule has 2 rings (SSSR count). The van der Waals surface area contributed by atoms with Gasteiger partial charge >= 0.3 is 0 Å². The van der Waals surface area contributed by atoms with Crippen molar-refractivity contribution in [2.75, 3.05) is 24.5 Å². The fourth-order valence-electron chi connectivity index (χ4n) is 1.90. The average molecular weight is 248 g/mol. The minimum atomic E-state index is -0.286. The number of amides is 2. The van der Waals surface area contributed by atoms with Gasteiger partial charge in [-0.3, -0.25) is 14.9 Å². The van der Waals surface area contributed by atoms with Gasteiger partial charge in [-0.2, -0.15) is 0 Å². The van der Waals surface area contributed by atoms with Gasteiger partial charge in [-0.15, -0.1) is 0 Å². The molecule has 2 heterocycles. The lowest BCUT2D eigenvalue weighted by atomic mass is 10.2. The minimum Gasteiger partial charge on any atom is -0.338 e. The Morgan fingerprint density at radius 3 is 2.78 bits per heavy atom.